The summed E-state index contributed by atoms with van der Waals surface area (Å²) in [5, 5.41) is 10.1. The van der Waals surface area contributed by atoms with Crippen molar-refractivity contribution in [3.8, 4) is 0 Å². The molecule has 2 aromatic heterocycles. The zero-order chi connectivity index (χ0) is 25.4. The van der Waals surface area contributed by atoms with Gasteiger partial charge in [-0.05, 0) is 74.0 Å². The number of imidazole rings is 1. The van der Waals surface area contributed by atoms with Crippen LogP contribution in [0.1, 0.15) is 61.6 Å². The van der Waals surface area contributed by atoms with Gasteiger partial charge in [-0.3, -0.25) is 9.69 Å². The summed E-state index contributed by atoms with van der Waals surface area (Å²) >= 11 is 0. The van der Waals surface area contributed by atoms with Gasteiger partial charge in [0.15, 0.2) is 0 Å². The zero-order valence-corrected chi connectivity index (χ0v) is 21.4. The van der Waals surface area contributed by atoms with Gasteiger partial charge in [-0.15, -0.1) is 0 Å². The predicted octanol–water partition coefficient (Wildman–Crippen LogP) is 5.01. The van der Waals surface area contributed by atoms with E-state index in [1.54, 1.807) is 12.1 Å². The highest BCUT2D eigenvalue weighted by Crippen LogP contribution is 2.39. The number of likely N-dealkylation sites (tertiary alicyclic amines) is 2. The molecule has 3 aromatic rings. The largest absolute Gasteiger partial charge is 0.480 e. The topological polar surface area (TPSA) is 61.1 Å². The van der Waals surface area contributed by atoms with Crippen LogP contribution in [0.3, 0.4) is 0 Å². The predicted molar refractivity (Wildman–Crippen MR) is 141 cm³/mol. The Labute approximate surface area is 218 Å². The first kappa shape index (κ1) is 24.6. The SMILES string of the molecule is O=C(O)[C@@H](CC1CCC1)N1C[C@H](CN2CCC(c3cnc4ccccn34)CC2)[C@@H](c2cccc(F)c2)C1. The summed E-state index contributed by atoms with van der Waals surface area (Å²) < 4.78 is 16.4. The van der Waals surface area contributed by atoms with Gasteiger partial charge >= 0.3 is 5.97 Å². The molecule has 4 heterocycles. The molecule has 0 radical (unpaired) electrons. The molecule has 0 bridgehead atoms. The number of hydrogen-bond acceptors (Lipinski definition) is 4. The van der Waals surface area contributed by atoms with E-state index in [4.69, 9.17) is 0 Å². The molecule has 1 saturated carbocycles. The van der Waals surface area contributed by atoms with E-state index >= 15 is 0 Å². The minimum atomic E-state index is -0.709. The molecule has 2 aliphatic heterocycles. The number of aliphatic carboxylic acids is 1. The van der Waals surface area contributed by atoms with Gasteiger partial charge in [0.1, 0.15) is 17.5 Å². The summed E-state index contributed by atoms with van der Waals surface area (Å²) in [6.45, 7) is 4.41. The molecule has 3 aliphatic rings. The highest BCUT2D eigenvalue weighted by atomic mass is 19.1. The number of pyridine rings is 1. The highest BCUT2D eigenvalue weighted by Gasteiger charge is 2.41. The molecule has 1 aliphatic carbocycles. The maximum absolute atomic E-state index is 14.2. The second-order valence-electron chi connectivity index (χ2n) is 11.4. The maximum atomic E-state index is 14.2. The van der Waals surface area contributed by atoms with Crippen LogP contribution in [0.5, 0.6) is 0 Å². The summed E-state index contributed by atoms with van der Waals surface area (Å²) in [7, 11) is 0. The Morgan fingerprint density at radius 3 is 2.65 bits per heavy atom. The van der Waals surface area contributed by atoms with E-state index in [0.717, 1.165) is 69.5 Å². The van der Waals surface area contributed by atoms with Crippen molar-refractivity contribution in [1.82, 2.24) is 19.2 Å². The van der Waals surface area contributed by atoms with Crippen molar-refractivity contribution in [3.05, 3.63) is 71.9 Å². The Morgan fingerprint density at radius 2 is 1.92 bits per heavy atom. The van der Waals surface area contributed by atoms with Crippen LogP contribution >= 0.6 is 0 Å². The Kier molecular flexibility index (Phi) is 7.00. The fourth-order valence-electron chi connectivity index (χ4n) is 6.91. The van der Waals surface area contributed by atoms with Crippen LogP contribution in [-0.2, 0) is 4.79 Å². The number of fused-ring (bicyclic) bond motifs is 1. The van der Waals surface area contributed by atoms with Gasteiger partial charge in [0.25, 0.3) is 0 Å². The molecule has 1 N–H and O–H groups in total. The molecular weight excluding hydrogens is 467 g/mol. The number of halogens is 1. The third-order valence-corrected chi connectivity index (χ3v) is 9.20. The van der Waals surface area contributed by atoms with Crippen LogP contribution in [0, 0.1) is 17.7 Å². The summed E-state index contributed by atoms with van der Waals surface area (Å²) in [4.78, 5) is 21.6. The molecule has 0 unspecified atom stereocenters. The molecule has 3 fully saturated rings. The number of carboxylic acids is 1. The summed E-state index contributed by atoms with van der Waals surface area (Å²) in [6, 6.07) is 12.6. The van der Waals surface area contributed by atoms with Crippen molar-refractivity contribution in [2.24, 2.45) is 11.8 Å². The zero-order valence-electron chi connectivity index (χ0n) is 21.4. The fraction of sp³-hybridized carbons (Fsp3) is 0.533. The third kappa shape index (κ3) is 5.16. The average Bonchev–Trinajstić information content (AvgIpc) is 3.48. The molecular formula is C30H37FN4O2. The first-order valence-corrected chi connectivity index (χ1v) is 13.9. The molecule has 6 nitrogen and oxygen atoms in total. The van der Waals surface area contributed by atoms with Gasteiger partial charge in [-0.2, -0.15) is 0 Å². The van der Waals surface area contributed by atoms with Gasteiger partial charge in [0, 0.05) is 49.6 Å². The lowest BCUT2D eigenvalue weighted by Gasteiger charge is -2.35. The summed E-state index contributed by atoms with van der Waals surface area (Å²) in [5.41, 5.74) is 3.29. The molecule has 0 spiro atoms. The van der Waals surface area contributed by atoms with Crippen molar-refractivity contribution in [1.29, 1.82) is 0 Å². The van der Waals surface area contributed by atoms with Gasteiger partial charge in [-0.1, -0.05) is 37.5 Å². The molecule has 2 saturated heterocycles. The number of aromatic nitrogens is 2. The molecule has 37 heavy (non-hydrogen) atoms. The van der Waals surface area contributed by atoms with Crippen LogP contribution < -0.4 is 0 Å². The first-order chi connectivity index (χ1) is 18.0. The van der Waals surface area contributed by atoms with Crippen molar-refractivity contribution in [3.63, 3.8) is 0 Å². The van der Waals surface area contributed by atoms with Crippen LogP contribution in [0.25, 0.3) is 5.65 Å². The third-order valence-electron chi connectivity index (χ3n) is 9.20. The number of rotatable bonds is 8. The van der Waals surface area contributed by atoms with Crippen molar-refractivity contribution in [2.45, 2.75) is 56.4 Å². The van der Waals surface area contributed by atoms with Crippen LogP contribution in [0.4, 0.5) is 4.39 Å². The number of benzene rings is 1. The number of carboxylic acid groups (broad SMARTS) is 1. The van der Waals surface area contributed by atoms with Gasteiger partial charge in [0.2, 0.25) is 0 Å². The van der Waals surface area contributed by atoms with Crippen molar-refractivity contribution in [2.75, 3.05) is 32.7 Å². The van der Waals surface area contributed by atoms with Crippen LogP contribution in [0.2, 0.25) is 0 Å². The molecule has 0 amide bonds. The highest BCUT2D eigenvalue weighted by molar-refractivity contribution is 5.73. The van der Waals surface area contributed by atoms with E-state index in [1.165, 1.54) is 18.2 Å². The number of nitrogens with zero attached hydrogens (tertiary/aromatic N) is 4. The smallest absolute Gasteiger partial charge is 0.320 e. The lowest BCUT2D eigenvalue weighted by molar-refractivity contribution is -0.144. The maximum Gasteiger partial charge on any atom is 0.320 e. The lowest BCUT2D eigenvalue weighted by atomic mass is 9.80. The molecule has 7 heteroatoms. The minimum absolute atomic E-state index is 0.149. The summed E-state index contributed by atoms with van der Waals surface area (Å²) in [6.07, 6.45) is 10.6. The van der Waals surface area contributed by atoms with Gasteiger partial charge in [-0.25, -0.2) is 9.37 Å². The van der Waals surface area contributed by atoms with Crippen molar-refractivity contribution < 1.29 is 14.3 Å². The van der Waals surface area contributed by atoms with Gasteiger partial charge in [0.05, 0.1) is 0 Å². The average molecular weight is 505 g/mol. The minimum Gasteiger partial charge on any atom is -0.480 e. The van der Waals surface area contributed by atoms with E-state index in [2.05, 4.69) is 31.4 Å². The monoisotopic (exact) mass is 504 g/mol. The van der Waals surface area contributed by atoms with Crippen LogP contribution in [-0.4, -0.2) is 69.0 Å². The van der Waals surface area contributed by atoms with Crippen molar-refractivity contribution >= 4 is 11.6 Å². The standard InChI is InChI=1S/C30H37FN4O2/c31-25-8-4-7-23(16-25)26-20-34(27(30(36)37)15-21-5-3-6-21)19-24(26)18-33-13-10-22(11-14-33)28-17-32-29-9-1-2-12-35(28)29/h1-2,4,7-9,12,16-17,21-22,24,26-27H,3,5-6,10-11,13-15,18-20H2,(H,36,37)/t24-,26+,27+/m0/s1. The van der Waals surface area contributed by atoms with E-state index in [0.29, 0.717) is 18.4 Å². The van der Waals surface area contributed by atoms with E-state index in [-0.39, 0.29) is 17.7 Å². The fourth-order valence-corrected chi connectivity index (χ4v) is 6.91. The summed E-state index contributed by atoms with van der Waals surface area (Å²) in [5.74, 6) is 0.540. The Balaban J connectivity index is 1.15. The molecule has 6 rings (SSSR count). The number of piperidine rings is 1. The Morgan fingerprint density at radius 1 is 1.08 bits per heavy atom. The molecule has 196 valence electrons. The normalized spacial score (nSPS) is 24.9. The van der Waals surface area contributed by atoms with E-state index in [1.807, 2.05) is 24.4 Å². The van der Waals surface area contributed by atoms with Gasteiger partial charge < -0.3 is 14.4 Å². The quantitative estimate of drug-likeness (QED) is 0.467. The second-order valence-corrected chi connectivity index (χ2v) is 11.4. The Bertz CT molecular complexity index is 1230. The van der Waals surface area contributed by atoms with E-state index in [9.17, 15) is 14.3 Å². The Hall–Kier alpha value is -2.77. The number of carbonyl (C=O) groups is 1. The lowest BCUT2D eigenvalue weighted by Crippen LogP contribution is -2.43. The first-order valence-electron chi connectivity index (χ1n) is 13.9. The van der Waals surface area contributed by atoms with E-state index < -0.39 is 12.0 Å². The molecule has 1 aromatic carbocycles. The van der Waals surface area contributed by atoms with Crippen LogP contribution in [0.15, 0.2) is 54.9 Å². The number of hydrogen-bond donors (Lipinski definition) is 1. The molecule has 3 atom stereocenters. The second kappa shape index (κ2) is 10.5.